The summed E-state index contributed by atoms with van der Waals surface area (Å²) in [6.45, 7) is 7.67. The van der Waals surface area contributed by atoms with Gasteiger partial charge >= 0.3 is 0 Å². The van der Waals surface area contributed by atoms with Crippen LogP contribution in [0.3, 0.4) is 0 Å². The molecular formula is C13H24O. The zero-order valence-electron chi connectivity index (χ0n) is 10.1. The first kappa shape index (κ1) is 11.8. The summed E-state index contributed by atoms with van der Waals surface area (Å²) < 4.78 is 5.40. The molecule has 0 radical (unpaired) electrons. The topological polar surface area (TPSA) is 9.23 Å². The summed E-state index contributed by atoms with van der Waals surface area (Å²) >= 11 is 0. The van der Waals surface area contributed by atoms with Crippen molar-refractivity contribution in [1.82, 2.24) is 0 Å². The summed E-state index contributed by atoms with van der Waals surface area (Å²) in [6.07, 6.45) is 7.66. The maximum atomic E-state index is 5.40. The van der Waals surface area contributed by atoms with E-state index >= 15 is 0 Å². The van der Waals surface area contributed by atoms with Gasteiger partial charge in [0, 0.05) is 7.11 Å². The van der Waals surface area contributed by atoms with Crippen LogP contribution < -0.4 is 0 Å². The van der Waals surface area contributed by atoms with Crippen molar-refractivity contribution in [3.05, 3.63) is 11.6 Å². The smallest absolute Gasteiger partial charge is 0.0524 e. The molecule has 0 aliphatic heterocycles. The first-order valence-electron chi connectivity index (χ1n) is 5.73. The van der Waals surface area contributed by atoms with Crippen LogP contribution in [-0.2, 0) is 4.74 Å². The normalized spacial score (nSPS) is 31.9. The maximum Gasteiger partial charge on any atom is 0.0524 e. The molecule has 0 spiro atoms. The van der Waals surface area contributed by atoms with Gasteiger partial charge in [-0.15, -0.1) is 0 Å². The number of allylic oxidation sites excluding steroid dienone is 2. The number of ether oxygens (including phenoxy) is 1. The molecule has 1 aliphatic rings. The molecule has 1 saturated carbocycles. The third-order valence-electron chi connectivity index (χ3n) is 3.71. The van der Waals surface area contributed by atoms with E-state index in [2.05, 4.69) is 26.8 Å². The predicted octanol–water partition coefficient (Wildman–Crippen LogP) is 3.80. The molecule has 82 valence electrons. The Bertz CT molecular complexity index is 203. The standard InChI is InChI=1S/C13H24O/c1-11(2)7-9-13(10-14-4)8-5-6-12(13)3/h7,12H,5-6,8-10H2,1-4H3/t12-,13-/m0/s1. The highest BCUT2D eigenvalue weighted by Crippen LogP contribution is 2.46. The van der Waals surface area contributed by atoms with E-state index in [9.17, 15) is 0 Å². The van der Waals surface area contributed by atoms with Gasteiger partial charge in [-0.2, -0.15) is 0 Å². The highest BCUT2D eigenvalue weighted by Gasteiger charge is 2.39. The van der Waals surface area contributed by atoms with Crippen molar-refractivity contribution >= 4 is 0 Å². The summed E-state index contributed by atoms with van der Waals surface area (Å²) in [5, 5.41) is 0. The van der Waals surface area contributed by atoms with E-state index in [1.54, 1.807) is 0 Å². The Hall–Kier alpha value is -0.300. The molecule has 1 rings (SSSR count). The lowest BCUT2D eigenvalue weighted by Crippen LogP contribution is -2.28. The maximum absolute atomic E-state index is 5.40. The highest BCUT2D eigenvalue weighted by atomic mass is 16.5. The molecule has 2 atom stereocenters. The summed E-state index contributed by atoms with van der Waals surface area (Å²) in [5.41, 5.74) is 1.87. The van der Waals surface area contributed by atoms with Crippen LogP contribution in [0, 0.1) is 11.3 Å². The van der Waals surface area contributed by atoms with Gasteiger partial charge in [0.15, 0.2) is 0 Å². The van der Waals surface area contributed by atoms with Crippen molar-refractivity contribution in [2.45, 2.75) is 46.5 Å². The Morgan fingerprint density at radius 3 is 2.64 bits per heavy atom. The molecule has 0 aromatic rings. The second-order valence-corrected chi connectivity index (χ2v) is 5.07. The number of methoxy groups -OCH3 is 1. The minimum absolute atomic E-state index is 0.437. The van der Waals surface area contributed by atoms with E-state index in [-0.39, 0.29) is 0 Å². The molecule has 0 saturated heterocycles. The van der Waals surface area contributed by atoms with Crippen LogP contribution in [0.25, 0.3) is 0 Å². The molecule has 0 bridgehead atoms. The Balaban J connectivity index is 2.66. The zero-order chi connectivity index (χ0) is 10.6. The Kier molecular flexibility index (Phi) is 4.18. The molecule has 0 unspecified atom stereocenters. The van der Waals surface area contributed by atoms with Gasteiger partial charge in [-0.3, -0.25) is 0 Å². The van der Waals surface area contributed by atoms with E-state index in [4.69, 9.17) is 4.74 Å². The monoisotopic (exact) mass is 196 g/mol. The van der Waals surface area contributed by atoms with Crippen LogP contribution in [0.4, 0.5) is 0 Å². The third-order valence-corrected chi connectivity index (χ3v) is 3.71. The average molecular weight is 196 g/mol. The SMILES string of the molecule is COC[C@@]1(CC=C(C)C)CCC[C@@H]1C. The first-order valence-corrected chi connectivity index (χ1v) is 5.73. The van der Waals surface area contributed by atoms with E-state index in [0.717, 1.165) is 12.5 Å². The van der Waals surface area contributed by atoms with E-state index in [1.165, 1.54) is 31.3 Å². The van der Waals surface area contributed by atoms with Gasteiger partial charge < -0.3 is 4.74 Å². The Morgan fingerprint density at radius 1 is 1.50 bits per heavy atom. The van der Waals surface area contributed by atoms with Crippen LogP contribution in [0.2, 0.25) is 0 Å². The molecule has 1 heteroatoms. The number of rotatable bonds is 4. The van der Waals surface area contributed by atoms with Crippen molar-refractivity contribution in [2.75, 3.05) is 13.7 Å². The predicted molar refractivity (Wildman–Crippen MR) is 61.4 cm³/mol. The van der Waals surface area contributed by atoms with Gasteiger partial charge in [0.2, 0.25) is 0 Å². The van der Waals surface area contributed by atoms with E-state index in [1.807, 2.05) is 7.11 Å². The van der Waals surface area contributed by atoms with Crippen molar-refractivity contribution in [3.63, 3.8) is 0 Å². The van der Waals surface area contributed by atoms with Crippen molar-refractivity contribution < 1.29 is 4.74 Å². The number of hydrogen-bond donors (Lipinski definition) is 0. The van der Waals surface area contributed by atoms with Gasteiger partial charge in [-0.1, -0.05) is 31.4 Å². The molecule has 0 amide bonds. The largest absolute Gasteiger partial charge is 0.384 e. The molecular weight excluding hydrogens is 172 g/mol. The van der Waals surface area contributed by atoms with E-state index < -0.39 is 0 Å². The fourth-order valence-corrected chi connectivity index (χ4v) is 2.58. The van der Waals surface area contributed by atoms with Crippen LogP contribution in [0.15, 0.2) is 11.6 Å². The van der Waals surface area contributed by atoms with Gasteiger partial charge in [0.25, 0.3) is 0 Å². The van der Waals surface area contributed by atoms with Crippen LogP contribution >= 0.6 is 0 Å². The summed E-state index contributed by atoms with van der Waals surface area (Å²) in [7, 11) is 1.83. The summed E-state index contributed by atoms with van der Waals surface area (Å²) in [5.74, 6) is 0.818. The molecule has 0 heterocycles. The fourth-order valence-electron chi connectivity index (χ4n) is 2.58. The highest BCUT2D eigenvalue weighted by molar-refractivity contribution is 5.01. The van der Waals surface area contributed by atoms with E-state index in [0.29, 0.717) is 5.41 Å². The minimum Gasteiger partial charge on any atom is -0.384 e. The summed E-state index contributed by atoms with van der Waals surface area (Å²) in [6, 6.07) is 0. The molecule has 0 aromatic heterocycles. The van der Waals surface area contributed by atoms with Crippen LogP contribution in [0.1, 0.15) is 46.5 Å². The molecule has 1 nitrogen and oxygen atoms in total. The Labute approximate surface area is 88.5 Å². The zero-order valence-corrected chi connectivity index (χ0v) is 10.1. The molecule has 1 aliphatic carbocycles. The van der Waals surface area contributed by atoms with Crippen molar-refractivity contribution in [2.24, 2.45) is 11.3 Å². The first-order chi connectivity index (χ1) is 6.60. The average Bonchev–Trinajstić information content (AvgIpc) is 2.46. The summed E-state index contributed by atoms with van der Waals surface area (Å²) in [4.78, 5) is 0. The lowest BCUT2D eigenvalue weighted by molar-refractivity contribution is 0.0563. The fraction of sp³-hybridized carbons (Fsp3) is 0.846. The molecule has 0 N–H and O–H groups in total. The van der Waals surface area contributed by atoms with Gasteiger partial charge in [-0.25, -0.2) is 0 Å². The molecule has 1 fully saturated rings. The quantitative estimate of drug-likeness (QED) is 0.621. The lowest BCUT2D eigenvalue weighted by atomic mass is 9.76. The third kappa shape index (κ3) is 2.60. The second-order valence-electron chi connectivity index (χ2n) is 5.07. The van der Waals surface area contributed by atoms with Gasteiger partial charge in [0.05, 0.1) is 6.61 Å². The lowest BCUT2D eigenvalue weighted by Gasteiger charge is -2.32. The minimum atomic E-state index is 0.437. The molecule has 0 aromatic carbocycles. The van der Waals surface area contributed by atoms with Crippen LogP contribution in [0.5, 0.6) is 0 Å². The van der Waals surface area contributed by atoms with Crippen molar-refractivity contribution in [1.29, 1.82) is 0 Å². The van der Waals surface area contributed by atoms with Gasteiger partial charge in [-0.05, 0) is 38.0 Å². The van der Waals surface area contributed by atoms with Crippen molar-refractivity contribution in [3.8, 4) is 0 Å². The molecule has 14 heavy (non-hydrogen) atoms. The van der Waals surface area contributed by atoms with Crippen LogP contribution in [-0.4, -0.2) is 13.7 Å². The number of hydrogen-bond acceptors (Lipinski definition) is 1. The second kappa shape index (κ2) is 4.97. The van der Waals surface area contributed by atoms with Gasteiger partial charge in [0.1, 0.15) is 0 Å². The Morgan fingerprint density at radius 2 is 2.21 bits per heavy atom.